The maximum Gasteiger partial charge on any atom is -0.000740 e. The third-order valence-corrected chi connectivity index (χ3v) is 12.5. The first kappa shape index (κ1) is 35.4. The molecule has 0 aromatic heterocycles. The lowest BCUT2D eigenvalue weighted by Crippen LogP contribution is -1.92. The van der Waals surface area contributed by atoms with Crippen LogP contribution in [-0.2, 0) is 0 Å². The highest BCUT2D eigenvalue weighted by molar-refractivity contribution is 6.44. The Morgan fingerprint density at radius 1 is 0.400 bits per heavy atom. The van der Waals surface area contributed by atoms with Crippen LogP contribution >= 0.6 is 0 Å². The molecule has 0 saturated heterocycles. The molecule has 0 radical (unpaired) electrons. The zero-order valence-corrected chi connectivity index (χ0v) is 33.3. The quantitative estimate of drug-likeness (QED) is 0.102. The van der Waals surface area contributed by atoms with Crippen molar-refractivity contribution in [3.8, 4) is 33.4 Å². The second-order valence-corrected chi connectivity index (χ2v) is 15.7. The fourth-order valence-electron chi connectivity index (χ4n) is 10.1. The van der Waals surface area contributed by atoms with Crippen molar-refractivity contribution in [1.29, 1.82) is 0 Å². The summed E-state index contributed by atoms with van der Waals surface area (Å²) in [4.78, 5) is 0. The Kier molecular flexibility index (Phi) is 8.22. The summed E-state index contributed by atoms with van der Waals surface area (Å²) in [5.41, 5.74) is 11.4. The predicted molar refractivity (Wildman–Crippen MR) is 264 cm³/mol. The van der Waals surface area contributed by atoms with Crippen molar-refractivity contribution in [3.63, 3.8) is 0 Å². The molecule has 0 fully saturated rings. The smallest absolute Gasteiger partial charge is 0.000740 e. The molecule has 0 heterocycles. The Bertz CT molecular complexity index is 3630. The lowest BCUT2D eigenvalue weighted by Gasteiger charge is -2.19. The van der Waals surface area contributed by atoms with Gasteiger partial charge in [-0.1, -0.05) is 196 Å². The molecule has 0 aliphatic heterocycles. The Balaban J connectivity index is 1.34. The Labute approximate surface area is 350 Å². The van der Waals surface area contributed by atoms with Gasteiger partial charge in [-0.05, 0) is 155 Å². The summed E-state index contributed by atoms with van der Waals surface area (Å²) >= 11 is 0. The highest BCUT2D eigenvalue weighted by atomic mass is 14.3. The molecule has 0 bridgehead atoms. The van der Waals surface area contributed by atoms with Gasteiger partial charge in [0, 0.05) is 0 Å². The van der Waals surface area contributed by atoms with Gasteiger partial charge in [-0.15, -0.1) is 0 Å². The van der Waals surface area contributed by atoms with Crippen LogP contribution in [0.1, 0.15) is 11.1 Å². The van der Waals surface area contributed by atoms with E-state index in [-0.39, 0.29) is 0 Å². The summed E-state index contributed by atoms with van der Waals surface area (Å²) in [6.07, 6.45) is 11.8. The van der Waals surface area contributed by atoms with Gasteiger partial charge in [-0.3, -0.25) is 0 Å². The van der Waals surface area contributed by atoms with E-state index in [2.05, 4.69) is 184 Å². The van der Waals surface area contributed by atoms with Gasteiger partial charge in [0.15, 0.2) is 0 Å². The summed E-state index contributed by atoms with van der Waals surface area (Å²) in [7, 11) is 0. The zero-order chi connectivity index (χ0) is 40.5. The molecule has 0 N–H and O–H groups in total. The lowest BCUT2D eigenvalue weighted by molar-refractivity contribution is 1.57. The van der Waals surface area contributed by atoms with E-state index in [0.29, 0.717) is 0 Å². The molecule has 0 spiro atoms. The number of benzene rings is 9. The number of hydrogen-bond acceptors (Lipinski definition) is 0. The summed E-state index contributed by atoms with van der Waals surface area (Å²) in [6, 6.07) is 58.2. The van der Waals surface area contributed by atoms with Crippen LogP contribution in [0.3, 0.4) is 0 Å². The van der Waals surface area contributed by atoms with Crippen LogP contribution in [0.4, 0.5) is 0 Å². The number of fused-ring (bicyclic) bond motifs is 8. The average molecular weight is 761 g/mol. The van der Waals surface area contributed by atoms with Crippen molar-refractivity contribution < 1.29 is 0 Å². The molecule has 11 aromatic rings. The van der Waals surface area contributed by atoms with E-state index in [1.54, 1.807) is 0 Å². The third kappa shape index (κ3) is 5.18. The van der Waals surface area contributed by atoms with Gasteiger partial charge in [0.25, 0.3) is 0 Å². The molecular formula is C60H40. The van der Waals surface area contributed by atoms with E-state index in [4.69, 9.17) is 6.58 Å². The molecule has 11 rings (SSSR count). The molecule has 0 nitrogen and oxygen atoms in total. The van der Waals surface area contributed by atoms with Crippen molar-refractivity contribution in [1.82, 2.24) is 0 Å². The highest BCUT2D eigenvalue weighted by Gasteiger charge is 2.27. The fourth-order valence-corrected chi connectivity index (χ4v) is 10.1. The third-order valence-electron chi connectivity index (χ3n) is 12.5. The van der Waals surface area contributed by atoms with Crippen LogP contribution in [0.25, 0.3) is 120 Å². The number of allylic oxidation sites excluding steroid dienone is 8. The fraction of sp³-hybridized carbons (Fsp3) is 0. The average Bonchev–Trinajstić information content (AvgIpc) is 3.81. The minimum absolute atomic E-state index is 0.961. The van der Waals surface area contributed by atoms with E-state index in [1.165, 1.54) is 103 Å². The minimum Gasteiger partial charge on any atom is -0.0991 e. The molecular weight excluding hydrogens is 721 g/mol. The second kappa shape index (κ2) is 13.9. The van der Waals surface area contributed by atoms with Gasteiger partial charge in [0.1, 0.15) is 0 Å². The second-order valence-electron chi connectivity index (χ2n) is 15.7. The largest absolute Gasteiger partial charge is 0.0991 e. The first-order valence-electron chi connectivity index (χ1n) is 20.6. The first-order valence-corrected chi connectivity index (χ1v) is 20.6. The summed E-state index contributed by atoms with van der Waals surface area (Å²) < 4.78 is 0. The molecule has 0 unspecified atom stereocenters. The van der Waals surface area contributed by atoms with Crippen LogP contribution in [0, 0.1) is 0 Å². The zero-order valence-electron chi connectivity index (χ0n) is 33.3. The normalized spacial score (nSPS) is 12.3. The van der Waals surface area contributed by atoms with Gasteiger partial charge < -0.3 is 0 Å². The van der Waals surface area contributed by atoms with E-state index in [1.807, 2.05) is 30.4 Å². The van der Waals surface area contributed by atoms with Gasteiger partial charge >= 0.3 is 0 Å². The van der Waals surface area contributed by atoms with Crippen LogP contribution in [-0.4, -0.2) is 0 Å². The molecule has 0 saturated carbocycles. The van der Waals surface area contributed by atoms with Crippen molar-refractivity contribution in [2.75, 3.05) is 0 Å². The van der Waals surface area contributed by atoms with Crippen LogP contribution in [0.2, 0.25) is 0 Å². The SMILES string of the molecule is C=C/C=C\C(=C)c1c2c(cc3c4ccccc4c4cccc2c43)c(-c2ccccc2)c2c3ccc(-c4cc(/C(C=C)=C/C=C)cc(-c5ccccc5)c4)c4cccc(c12)c43. The first-order chi connectivity index (χ1) is 29.6. The van der Waals surface area contributed by atoms with Crippen LogP contribution in [0.15, 0.2) is 220 Å². The van der Waals surface area contributed by atoms with Crippen molar-refractivity contribution >= 4 is 86.6 Å². The topological polar surface area (TPSA) is 0 Å². The Hall–Kier alpha value is -7.80. The summed E-state index contributed by atoms with van der Waals surface area (Å²) in [5, 5.41) is 17.6. The minimum atomic E-state index is 0.961. The molecule has 11 aromatic carbocycles. The van der Waals surface area contributed by atoms with Crippen molar-refractivity contribution in [2.24, 2.45) is 0 Å². The molecule has 60 heavy (non-hydrogen) atoms. The number of rotatable bonds is 9. The van der Waals surface area contributed by atoms with Crippen LogP contribution < -0.4 is 0 Å². The Morgan fingerprint density at radius 3 is 1.72 bits per heavy atom. The van der Waals surface area contributed by atoms with Crippen molar-refractivity contribution in [2.45, 2.75) is 0 Å². The van der Waals surface area contributed by atoms with E-state index in [0.717, 1.165) is 27.8 Å². The van der Waals surface area contributed by atoms with Gasteiger partial charge in [-0.25, -0.2) is 0 Å². The summed E-state index contributed by atoms with van der Waals surface area (Å²) in [6.45, 7) is 17.0. The van der Waals surface area contributed by atoms with Gasteiger partial charge in [0.05, 0.1) is 0 Å². The summed E-state index contributed by atoms with van der Waals surface area (Å²) in [5.74, 6) is 0. The molecule has 0 aliphatic carbocycles. The molecule has 0 heteroatoms. The van der Waals surface area contributed by atoms with Crippen molar-refractivity contribution in [3.05, 3.63) is 232 Å². The van der Waals surface area contributed by atoms with E-state index in [9.17, 15) is 0 Å². The molecule has 0 amide bonds. The number of hydrogen-bond donors (Lipinski definition) is 0. The molecule has 0 atom stereocenters. The van der Waals surface area contributed by atoms with Crippen LogP contribution in [0.5, 0.6) is 0 Å². The van der Waals surface area contributed by atoms with E-state index >= 15 is 0 Å². The van der Waals surface area contributed by atoms with Gasteiger partial charge in [0.2, 0.25) is 0 Å². The standard InChI is InChI=1S/C60H40/c1-5-8-20-37(4)54-58-49-29-18-28-48-45-25-15-16-26-46(45)52(57(48)49)36-53(58)55(40-23-13-10-14-24-40)60-51-32-31-44(47-27-17-30-50(56(47)51)59(54)60)43-34-41(38(7-3)19-6-2)33-42(35-43)39-21-11-9-12-22-39/h5-36H,1-4H2/b20-8-,38-19+. The maximum absolute atomic E-state index is 4.82. The molecule has 280 valence electrons. The van der Waals surface area contributed by atoms with E-state index < -0.39 is 0 Å². The predicted octanol–water partition coefficient (Wildman–Crippen LogP) is 17.1. The molecule has 0 aliphatic rings. The van der Waals surface area contributed by atoms with Gasteiger partial charge in [-0.2, -0.15) is 0 Å². The highest BCUT2D eigenvalue weighted by Crippen LogP contribution is 2.54. The monoisotopic (exact) mass is 760 g/mol. The lowest BCUT2D eigenvalue weighted by atomic mass is 9.84. The maximum atomic E-state index is 4.82. The Morgan fingerprint density at radius 2 is 1.00 bits per heavy atom.